The van der Waals surface area contributed by atoms with E-state index in [2.05, 4.69) is 15.5 Å². The van der Waals surface area contributed by atoms with Gasteiger partial charge < -0.3 is 5.32 Å². The van der Waals surface area contributed by atoms with E-state index in [0.29, 0.717) is 22.6 Å². The molecule has 3 aromatic rings. The summed E-state index contributed by atoms with van der Waals surface area (Å²) in [5, 5.41) is 22.2. The lowest BCUT2D eigenvalue weighted by Gasteiger charge is -2.12. The van der Waals surface area contributed by atoms with Gasteiger partial charge in [0.15, 0.2) is 0 Å². The Kier molecular flexibility index (Phi) is 5.71. The highest BCUT2D eigenvalue weighted by Gasteiger charge is 2.24. The Morgan fingerprint density at radius 1 is 1.34 bits per heavy atom. The third kappa shape index (κ3) is 4.48. The number of aryl methyl sites for hydroxylation is 1. The number of nitrogens with zero attached hydrogens (tertiary/aromatic N) is 5. The fourth-order valence-electron chi connectivity index (χ4n) is 3.05. The molecule has 0 saturated heterocycles. The van der Waals surface area contributed by atoms with Gasteiger partial charge in [0.2, 0.25) is 5.91 Å². The molecule has 0 spiro atoms. The third-order valence-corrected chi connectivity index (χ3v) is 4.61. The molecule has 0 radical (unpaired) electrons. The van der Waals surface area contributed by atoms with Gasteiger partial charge in [0.25, 0.3) is 0 Å². The van der Waals surface area contributed by atoms with Crippen molar-refractivity contribution in [3.8, 4) is 0 Å². The lowest BCUT2D eigenvalue weighted by atomic mass is 10.1. The topological polar surface area (TPSA) is 108 Å². The van der Waals surface area contributed by atoms with E-state index in [1.54, 1.807) is 45.2 Å². The Hall–Kier alpha value is -3.56. The molecule has 1 aromatic carbocycles. The molecular formula is C19H21FN6O3. The largest absolute Gasteiger partial charge is 0.323 e. The lowest BCUT2D eigenvalue weighted by molar-refractivity contribution is -0.386. The summed E-state index contributed by atoms with van der Waals surface area (Å²) in [6, 6.07) is 6.42. The number of halogens is 1. The number of amides is 1. The van der Waals surface area contributed by atoms with Gasteiger partial charge in [0.05, 0.1) is 35.8 Å². The van der Waals surface area contributed by atoms with E-state index in [9.17, 15) is 19.3 Å². The van der Waals surface area contributed by atoms with E-state index in [4.69, 9.17) is 0 Å². The first-order chi connectivity index (χ1) is 13.8. The summed E-state index contributed by atoms with van der Waals surface area (Å²) in [4.78, 5) is 23.1. The van der Waals surface area contributed by atoms with Crippen molar-refractivity contribution in [2.75, 3.05) is 5.32 Å². The van der Waals surface area contributed by atoms with Gasteiger partial charge in [-0.3, -0.25) is 24.3 Å². The number of hydrogen-bond donors (Lipinski definition) is 1. The van der Waals surface area contributed by atoms with Crippen molar-refractivity contribution >= 4 is 17.3 Å². The highest BCUT2D eigenvalue weighted by molar-refractivity contribution is 5.92. The molecule has 0 aliphatic heterocycles. The van der Waals surface area contributed by atoms with Crippen LogP contribution in [0.2, 0.25) is 0 Å². The molecule has 1 atom stereocenters. The van der Waals surface area contributed by atoms with Crippen LogP contribution in [0.25, 0.3) is 0 Å². The second-order valence-corrected chi connectivity index (χ2v) is 6.87. The number of rotatable bonds is 7. The maximum atomic E-state index is 13.8. The second kappa shape index (κ2) is 8.21. The minimum absolute atomic E-state index is 0.0352. The molecule has 9 nitrogen and oxygen atoms in total. The first kappa shape index (κ1) is 20.2. The zero-order valence-corrected chi connectivity index (χ0v) is 16.3. The molecule has 1 amide bonds. The Morgan fingerprint density at radius 2 is 2.07 bits per heavy atom. The molecule has 2 aromatic heterocycles. The highest BCUT2D eigenvalue weighted by atomic mass is 19.1. The Balaban J connectivity index is 1.63. The predicted octanol–water partition coefficient (Wildman–Crippen LogP) is 3.07. The normalized spacial score (nSPS) is 12.0. The number of nitrogens with one attached hydrogen (secondary N) is 1. The molecule has 0 bridgehead atoms. The average Bonchev–Trinajstić information content (AvgIpc) is 3.20. The lowest BCUT2D eigenvalue weighted by Crippen LogP contribution is -2.25. The minimum atomic E-state index is -0.484. The van der Waals surface area contributed by atoms with Crippen molar-refractivity contribution in [2.45, 2.75) is 33.9 Å². The number of nitro groups is 1. The van der Waals surface area contributed by atoms with Crippen molar-refractivity contribution < 1.29 is 14.1 Å². The number of anilines is 1. The molecular weight excluding hydrogens is 379 g/mol. The van der Waals surface area contributed by atoms with Gasteiger partial charge in [-0.25, -0.2) is 4.39 Å². The first-order valence-electron chi connectivity index (χ1n) is 9.01. The molecule has 1 N–H and O–H groups in total. The summed E-state index contributed by atoms with van der Waals surface area (Å²) < 4.78 is 16.8. The van der Waals surface area contributed by atoms with Crippen LogP contribution in [-0.4, -0.2) is 30.4 Å². The van der Waals surface area contributed by atoms with Gasteiger partial charge in [-0.2, -0.15) is 10.2 Å². The van der Waals surface area contributed by atoms with Crippen LogP contribution in [0.4, 0.5) is 15.8 Å². The van der Waals surface area contributed by atoms with Crippen LogP contribution in [0.5, 0.6) is 0 Å². The summed E-state index contributed by atoms with van der Waals surface area (Å²) in [5.41, 5.74) is 1.66. The van der Waals surface area contributed by atoms with Crippen LogP contribution in [0.15, 0.2) is 36.7 Å². The molecule has 152 valence electrons. The summed E-state index contributed by atoms with van der Waals surface area (Å²) in [6.07, 6.45) is 3.10. The standard InChI is InChI=1S/C19H21FN6O3/c1-12(9-25-14(3)18(26(28)29)13(2)23-25)19(27)22-16-8-21-24(11-16)10-15-6-4-5-7-17(15)20/h4-8,11-12H,9-10H2,1-3H3,(H,22,27). The van der Waals surface area contributed by atoms with Crippen LogP contribution in [-0.2, 0) is 17.9 Å². The van der Waals surface area contributed by atoms with E-state index in [1.165, 1.54) is 21.6 Å². The summed E-state index contributed by atoms with van der Waals surface area (Å²) in [6.45, 7) is 5.33. The van der Waals surface area contributed by atoms with Crippen LogP contribution in [0.1, 0.15) is 23.9 Å². The number of aromatic nitrogens is 4. The predicted molar refractivity (Wildman–Crippen MR) is 104 cm³/mol. The average molecular weight is 400 g/mol. The van der Waals surface area contributed by atoms with Gasteiger partial charge in [-0.15, -0.1) is 0 Å². The van der Waals surface area contributed by atoms with Crippen molar-refractivity contribution in [2.24, 2.45) is 5.92 Å². The van der Waals surface area contributed by atoms with Crippen LogP contribution >= 0.6 is 0 Å². The molecule has 29 heavy (non-hydrogen) atoms. The zero-order valence-electron chi connectivity index (χ0n) is 16.3. The third-order valence-electron chi connectivity index (χ3n) is 4.61. The number of hydrogen-bond acceptors (Lipinski definition) is 5. The fourth-order valence-corrected chi connectivity index (χ4v) is 3.05. The van der Waals surface area contributed by atoms with E-state index in [0.717, 1.165) is 0 Å². The van der Waals surface area contributed by atoms with Crippen molar-refractivity contribution in [3.05, 3.63) is 69.5 Å². The van der Waals surface area contributed by atoms with E-state index in [1.807, 2.05) is 0 Å². The molecule has 3 rings (SSSR count). The molecule has 10 heteroatoms. The van der Waals surface area contributed by atoms with Crippen LogP contribution < -0.4 is 5.32 Å². The van der Waals surface area contributed by atoms with Crippen LogP contribution in [0, 0.1) is 35.7 Å². The van der Waals surface area contributed by atoms with Gasteiger partial charge in [0, 0.05) is 11.8 Å². The molecule has 0 aliphatic rings. The van der Waals surface area contributed by atoms with E-state index >= 15 is 0 Å². The fraction of sp³-hybridized carbons (Fsp3) is 0.316. The second-order valence-electron chi connectivity index (χ2n) is 6.87. The summed E-state index contributed by atoms with van der Waals surface area (Å²) in [7, 11) is 0. The van der Waals surface area contributed by atoms with Crippen LogP contribution in [0.3, 0.4) is 0 Å². The van der Waals surface area contributed by atoms with E-state index < -0.39 is 10.8 Å². The maximum Gasteiger partial charge on any atom is 0.312 e. The first-order valence-corrected chi connectivity index (χ1v) is 9.01. The highest BCUT2D eigenvalue weighted by Crippen LogP contribution is 2.22. The molecule has 0 saturated carbocycles. The Labute approximate surface area is 166 Å². The van der Waals surface area contributed by atoms with Gasteiger partial charge >= 0.3 is 5.69 Å². The van der Waals surface area contributed by atoms with Gasteiger partial charge in [-0.1, -0.05) is 25.1 Å². The van der Waals surface area contributed by atoms with Crippen molar-refractivity contribution in [1.82, 2.24) is 19.6 Å². The monoisotopic (exact) mass is 400 g/mol. The zero-order chi connectivity index (χ0) is 21.1. The number of carbonyl (C=O) groups excluding carboxylic acids is 1. The molecule has 1 unspecified atom stereocenters. The smallest absolute Gasteiger partial charge is 0.312 e. The SMILES string of the molecule is Cc1nn(CC(C)C(=O)Nc2cnn(Cc3ccccc3F)c2)c(C)c1[N+](=O)[O-]. The van der Waals surface area contributed by atoms with Gasteiger partial charge in [-0.05, 0) is 19.9 Å². The van der Waals surface area contributed by atoms with Crippen molar-refractivity contribution in [1.29, 1.82) is 0 Å². The minimum Gasteiger partial charge on any atom is -0.323 e. The maximum absolute atomic E-state index is 13.8. The summed E-state index contributed by atoms with van der Waals surface area (Å²) in [5.74, 6) is -1.07. The molecule has 0 aliphatic carbocycles. The number of benzene rings is 1. The Morgan fingerprint density at radius 3 is 2.72 bits per heavy atom. The Bertz CT molecular complexity index is 1060. The van der Waals surface area contributed by atoms with Crippen molar-refractivity contribution in [3.63, 3.8) is 0 Å². The quantitative estimate of drug-likeness (QED) is 0.484. The van der Waals surface area contributed by atoms with Gasteiger partial charge in [0.1, 0.15) is 17.2 Å². The molecule has 0 fully saturated rings. The van der Waals surface area contributed by atoms with E-state index in [-0.39, 0.29) is 30.5 Å². The summed E-state index contributed by atoms with van der Waals surface area (Å²) >= 11 is 0. The molecule has 2 heterocycles. The number of carbonyl (C=O) groups is 1.